The van der Waals surface area contributed by atoms with Gasteiger partial charge in [0.2, 0.25) is 5.91 Å². The first-order chi connectivity index (χ1) is 11.7. The third kappa shape index (κ3) is 4.75. The van der Waals surface area contributed by atoms with Gasteiger partial charge in [0, 0.05) is 12.2 Å². The molecule has 2 aliphatic heterocycles. The molecule has 4 nitrogen and oxygen atoms in total. The van der Waals surface area contributed by atoms with Crippen LogP contribution in [0.5, 0.6) is 0 Å². The Morgan fingerprint density at radius 1 is 1.24 bits per heavy atom. The van der Waals surface area contributed by atoms with Crippen molar-refractivity contribution in [3.63, 3.8) is 0 Å². The molecule has 1 fully saturated rings. The van der Waals surface area contributed by atoms with Crippen molar-refractivity contribution in [3.8, 4) is 0 Å². The van der Waals surface area contributed by atoms with E-state index in [9.17, 15) is 4.79 Å². The quantitative estimate of drug-likeness (QED) is 0.870. The van der Waals surface area contributed by atoms with E-state index >= 15 is 0 Å². The van der Waals surface area contributed by atoms with Crippen LogP contribution >= 0.6 is 12.4 Å². The van der Waals surface area contributed by atoms with E-state index in [0.717, 1.165) is 50.6 Å². The summed E-state index contributed by atoms with van der Waals surface area (Å²) in [5, 5.41) is 3.25. The second-order valence-electron chi connectivity index (χ2n) is 7.27. The number of anilines is 1. The molecule has 0 spiro atoms. The molecule has 0 radical (unpaired) electrons. The zero-order valence-corrected chi connectivity index (χ0v) is 16.4. The van der Waals surface area contributed by atoms with E-state index in [-0.39, 0.29) is 24.4 Å². The molecule has 1 aromatic carbocycles. The normalized spacial score (nSPS) is 19.8. The largest absolute Gasteiger partial charge is 0.320 e. The van der Waals surface area contributed by atoms with Crippen molar-refractivity contribution in [2.45, 2.75) is 45.1 Å². The number of benzene rings is 1. The summed E-state index contributed by atoms with van der Waals surface area (Å²) in [6, 6.07) is 8.37. The molecule has 0 saturated carbocycles. The minimum atomic E-state index is -0.0126. The van der Waals surface area contributed by atoms with E-state index < -0.39 is 0 Å². The second kappa shape index (κ2) is 9.56. The van der Waals surface area contributed by atoms with Gasteiger partial charge in [-0.3, -0.25) is 9.69 Å². The highest BCUT2D eigenvalue weighted by Crippen LogP contribution is 2.29. The van der Waals surface area contributed by atoms with Crippen molar-refractivity contribution >= 4 is 24.0 Å². The number of aryl methyl sites for hydroxylation is 1. The Hall–Kier alpha value is -1.10. The summed E-state index contributed by atoms with van der Waals surface area (Å²) >= 11 is 0. The van der Waals surface area contributed by atoms with Gasteiger partial charge in [0.15, 0.2) is 0 Å². The van der Waals surface area contributed by atoms with Crippen LogP contribution in [-0.4, -0.2) is 50.1 Å². The minimum Gasteiger partial charge on any atom is -0.320 e. The van der Waals surface area contributed by atoms with Crippen molar-refractivity contribution in [2.75, 3.05) is 38.1 Å². The minimum absolute atomic E-state index is 0. The molecule has 1 saturated heterocycles. The van der Waals surface area contributed by atoms with Crippen molar-refractivity contribution in [1.29, 1.82) is 0 Å². The standard InChI is InChI=1S/C20H31N3O.ClH/c1-16(22-14-10-17(11-15-22)9-12-21-2)20(24)23-13-5-7-18-6-3-4-8-19(18)23;/h3-4,6,8,16-17,21H,5,7,9-15H2,1-2H3;1H. The summed E-state index contributed by atoms with van der Waals surface area (Å²) in [5.74, 6) is 1.09. The lowest BCUT2D eigenvalue weighted by Gasteiger charge is -2.38. The van der Waals surface area contributed by atoms with E-state index in [4.69, 9.17) is 0 Å². The van der Waals surface area contributed by atoms with E-state index in [0.29, 0.717) is 0 Å². The Bertz CT molecular complexity index is 558. The van der Waals surface area contributed by atoms with Gasteiger partial charge in [-0.25, -0.2) is 0 Å². The Labute approximate surface area is 158 Å². The van der Waals surface area contributed by atoms with Gasteiger partial charge in [-0.05, 0) is 83.3 Å². The maximum Gasteiger partial charge on any atom is 0.244 e. The molecule has 0 aliphatic carbocycles. The number of amides is 1. The van der Waals surface area contributed by atoms with E-state index in [1.165, 1.54) is 24.8 Å². The number of nitrogens with one attached hydrogen (secondary N) is 1. The molecule has 2 heterocycles. The van der Waals surface area contributed by atoms with Gasteiger partial charge >= 0.3 is 0 Å². The highest BCUT2D eigenvalue weighted by Gasteiger charge is 2.31. The first-order valence-electron chi connectivity index (χ1n) is 9.48. The second-order valence-corrected chi connectivity index (χ2v) is 7.27. The van der Waals surface area contributed by atoms with Gasteiger partial charge in [-0.15, -0.1) is 12.4 Å². The lowest BCUT2D eigenvalue weighted by Crippen LogP contribution is -2.51. The van der Waals surface area contributed by atoms with Crippen LogP contribution in [0.25, 0.3) is 0 Å². The number of likely N-dealkylation sites (tertiary alicyclic amines) is 1. The summed E-state index contributed by atoms with van der Waals surface area (Å²) in [7, 11) is 2.02. The summed E-state index contributed by atoms with van der Waals surface area (Å²) < 4.78 is 0. The zero-order chi connectivity index (χ0) is 16.9. The monoisotopic (exact) mass is 365 g/mol. The molecule has 2 aliphatic rings. The van der Waals surface area contributed by atoms with E-state index in [1.54, 1.807) is 0 Å². The number of nitrogens with zero attached hydrogens (tertiary/aromatic N) is 2. The van der Waals surface area contributed by atoms with Crippen LogP contribution in [0.2, 0.25) is 0 Å². The topological polar surface area (TPSA) is 35.6 Å². The molecule has 140 valence electrons. The van der Waals surface area contributed by atoms with E-state index in [2.05, 4.69) is 35.3 Å². The fourth-order valence-electron chi connectivity index (χ4n) is 4.12. The highest BCUT2D eigenvalue weighted by molar-refractivity contribution is 5.98. The molecule has 3 rings (SSSR count). The van der Waals surface area contributed by atoms with Crippen LogP contribution in [-0.2, 0) is 11.2 Å². The van der Waals surface area contributed by atoms with E-state index in [1.807, 2.05) is 18.0 Å². The number of hydrogen-bond acceptors (Lipinski definition) is 3. The zero-order valence-electron chi connectivity index (χ0n) is 15.5. The van der Waals surface area contributed by atoms with Gasteiger partial charge in [0.25, 0.3) is 0 Å². The number of rotatable bonds is 5. The van der Waals surface area contributed by atoms with Gasteiger partial charge < -0.3 is 10.2 Å². The number of fused-ring (bicyclic) bond motifs is 1. The van der Waals surface area contributed by atoms with Crippen LogP contribution in [0.3, 0.4) is 0 Å². The summed E-state index contributed by atoms with van der Waals surface area (Å²) in [5.41, 5.74) is 2.44. The maximum atomic E-state index is 13.1. The molecule has 0 aromatic heterocycles. The first-order valence-corrected chi connectivity index (χ1v) is 9.48. The Kier molecular flexibility index (Phi) is 7.73. The SMILES string of the molecule is CNCCC1CCN(C(C)C(=O)N2CCCc3ccccc32)CC1.Cl. The number of carbonyl (C=O) groups excluding carboxylic acids is 1. The van der Waals surface area contributed by atoms with Crippen molar-refractivity contribution in [1.82, 2.24) is 10.2 Å². The van der Waals surface area contributed by atoms with Crippen molar-refractivity contribution in [3.05, 3.63) is 29.8 Å². The molecule has 0 bridgehead atoms. The average Bonchev–Trinajstić information content (AvgIpc) is 2.65. The molecule has 1 aromatic rings. The van der Waals surface area contributed by atoms with Gasteiger partial charge in [-0.2, -0.15) is 0 Å². The average molecular weight is 366 g/mol. The van der Waals surface area contributed by atoms with Crippen molar-refractivity contribution < 1.29 is 4.79 Å². The molecule has 1 unspecified atom stereocenters. The Morgan fingerprint density at radius 3 is 2.68 bits per heavy atom. The van der Waals surface area contributed by atoms with Crippen molar-refractivity contribution in [2.24, 2.45) is 5.92 Å². The molecular formula is C20H32ClN3O. The molecule has 1 N–H and O–H groups in total. The Balaban J connectivity index is 0.00000225. The summed E-state index contributed by atoms with van der Waals surface area (Å²) in [6.45, 7) is 6.16. The number of piperidine rings is 1. The molecule has 25 heavy (non-hydrogen) atoms. The highest BCUT2D eigenvalue weighted by atomic mass is 35.5. The number of hydrogen-bond donors (Lipinski definition) is 1. The number of carbonyl (C=O) groups is 1. The fourth-order valence-corrected chi connectivity index (χ4v) is 4.12. The lowest BCUT2D eigenvalue weighted by atomic mass is 9.92. The van der Waals surface area contributed by atoms with Crippen LogP contribution in [0.15, 0.2) is 24.3 Å². The molecular weight excluding hydrogens is 334 g/mol. The predicted octanol–water partition coefficient (Wildman–Crippen LogP) is 3.10. The fraction of sp³-hybridized carbons (Fsp3) is 0.650. The van der Waals surface area contributed by atoms with Crippen LogP contribution < -0.4 is 10.2 Å². The third-order valence-electron chi connectivity index (χ3n) is 5.73. The smallest absolute Gasteiger partial charge is 0.244 e. The molecule has 1 atom stereocenters. The van der Waals surface area contributed by atoms with Crippen LogP contribution in [0.4, 0.5) is 5.69 Å². The van der Waals surface area contributed by atoms with Gasteiger partial charge in [-0.1, -0.05) is 18.2 Å². The van der Waals surface area contributed by atoms with Gasteiger partial charge in [0.05, 0.1) is 6.04 Å². The van der Waals surface area contributed by atoms with Gasteiger partial charge in [0.1, 0.15) is 0 Å². The number of halogens is 1. The number of para-hydroxylation sites is 1. The molecule has 5 heteroatoms. The maximum absolute atomic E-state index is 13.1. The molecule has 1 amide bonds. The predicted molar refractivity (Wildman–Crippen MR) is 107 cm³/mol. The van der Waals surface area contributed by atoms with Crippen LogP contribution in [0, 0.1) is 5.92 Å². The summed E-state index contributed by atoms with van der Waals surface area (Å²) in [6.07, 6.45) is 5.85. The Morgan fingerprint density at radius 2 is 1.96 bits per heavy atom. The lowest BCUT2D eigenvalue weighted by molar-refractivity contribution is -0.123. The summed E-state index contributed by atoms with van der Waals surface area (Å²) in [4.78, 5) is 17.5. The first kappa shape index (κ1) is 20.2. The van der Waals surface area contributed by atoms with Crippen LogP contribution in [0.1, 0.15) is 38.2 Å². The third-order valence-corrected chi connectivity index (χ3v) is 5.73.